The number of carbonyl (C=O) groups excluding carboxylic acids is 1. The minimum atomic E-state index is -0.352. The van der Waals surface area contributed by atoms with Gasteiger partial charge in [-0.3, -0.25) is 10.1 Å². The zero-order valence-corrected chi connectivity index (χ0v) is 16.9. The van der Waals surface area contributed by atoms with Crippen LogP contribution in [0.3, 0.4) is 0 Å². The lowest BCUT2D eigenvalue weighted by molar-refractivity contribution is 0.0973. The summed E-state index contributed by atoms with van der Waals surface area (Å²) in [5.41, 5.74) is 1.16. The summed E-state index contributed by atoms with van der Waals surface area (Å²) in [5.74, 6) is 1.24. The van der Waals surface area contributed by atoms with Gasteiger partial charge in [-0.15, -0.1) is 0 Å². The fourth-order valence-electron chi connectivity index (χ4n) is 2.36. The lowest BCUT2D eigenvalue weighted by atomic mass is 10.2. The van der Waals surface area contributed by atoms with E-state index in [2.05, 4.69) is 10.6 Å². The summed E-state index contributed by atoms with van der Waals surface area (Å²) in [7, 11) is 3.08. The maximum Gasteiger partial charge on any atom is 0.261 e. The number of ether oxygens (including phenoxy) is 3. The van der Waals surface area contributed by atoms with Gasteiger partial charge in [0.1, 0.15) is 5.75 Å². The number of para-hydroxylation sites is 1. The Kier molecular flexibility index (Phi) is 7.69. The molecule has 0 saturated carbocycles. The highest BCUT2D eigenvalue weighted by Gasteiger charge is 2.14. The van der Waals surface area contributed by atoms with E-state index in [1.807, 2.05) is 6.92 Å². The molecule has 0 aromatic heterocycles. The number of hydrogen-bond acceptors (Lipinski definition) is 5. The maximum absolute atomic E-state index is 12.4. The van der Waals surface area contributed by atoms with Crippen molar-refractivity contribution in [3.63, 3.8) is 0 Å². The Labute approximate surface area is 168 Å². The molecule has 0 spiro atoms. The third-order valence-electron chi connectivity index (χ3n) is 3.65. The molecule has 0 fully saturated rings. The van der Waals surface area contributed by atoms with E-state index in [-0.39, 0.29) is 11.0 Å². The molecule has 0 saturated heterocycles. The predicted octanol–water partition coefficient (Wildman–Crippen LogP) is 3.56. The summed E-state index contributed by atoms with van der Waals surface area (Å²) in [5, 5.41) is 6.27. The molecule has 2 aromatic carbocycles. The Morgan fingerprint density at radius 2 is 1.78 bits per heavy atom. The Morgan fingerprint density at radius 3 is 2.44 bits per heavy atom. The van der Waals surface area contributed by atoms with Crippen LogP contribution >= 0.6 is 23.8 Å². The van der Waals surface area contributed by atoms with Gasteiger partial charge in [-0.25, -0.2) is 0 Å². The van der Waals surface area contributed by atoms with Crippen LogP contribution in [0.25, 0.3) is 0 Å². The van der Waals surface area contributed by atoms with Gasteiger partial charge in [-0.05, 0) is 42.9 Å². The van der Waals surface area contributed by atoms with Crippen LogP contribution in [0.2, 0.25) is 5.02 Å². The van der Waals surface area contributed by atoms with Crippen molar-refractivity contribution < 1.29 is 19.0 Å². The first-order chi connectivity index (χ1) is 13.0. The zero-order valence-electron chi connectivity index (χ0n) is 15.3. The number of thiocarbonyl (C=S) groups is 1. The molecule has 144 valence electrons. The van der Waals surface area contributed by atoms with Crippen LogP contribution in [0.1, 0.15) is 22.8 Å². The number of halogens is 1. The largest absolute Gasteiger partial charge is 0.493 e. The fourth-order valence-corrected chi connectivity index (χ4v) is 2.74. The maximum atomic E-state index is 12.4. The summed E-state index contributed by atoms with van der Waals surface area (Å²) in [6.07, 6.45) is 0. The van der Waals surface area contributed by atoms with E-state index in [0.29, 0.717) is 41.0 Å². The van der Waals surface area contributed by atoms with Gasteiger partial charge >= 0.3 is 0 Å². The molecule has 27 heavy (non-hydrogen) atoms. The van der Waals surface area contributed by atoms with E-state index in [1.54, 1.807) is 43.5 Å². The number of benzene rings is 2. The van der Waals surface area contributed by atoms with E-state index in [9.17, 15) is 4.79 Å². The van der Waals surface area contributed by atoms with Gasteiger partial charge in [0.15, 0.2) is 16.6 Å². The molecule has 0 bridgehead atoms. The third-order valence-corrected chi connectivity index (χ3v) is 4.25. The minimum absolute atomic E-state index is 0.178. The van der Waals surface area contributed by atoms with Crippen molar-refractivity contribution in [2.45, 2.75) is 13.5 Å². The second-order valence-corrected chi connectivity index (χ2v) is 6.18. The number of methoxy groups -OCH3 is 2. The van der Waals surface area contributed by atoms with Crippen LogP contribution in [0, 0.1) is 0 Å². The highest BCUT2D eigenvalue weighted by Crippen LogP contribution is 2.32. The molecular weight excluding hydrogens is 388 g/mol. The molecule has 0 aliphatic carbocycles. The van der Waals surface area contributed by atoms with E-state index in [4.69, 9.17) is 38.0 Å². The van der Waals surface area contributed by atoms with Gasteiger partial charge in [0, 0.05) is 17.6 Å². The molecule has 2 N–H and O–H groups in total. The molecule has 0 atom stereocenters. The van der Waals surface area contributed by atoms with Crippen molar-refractivity contribution in [1.82, 2.24) is 10.6 Å². The van der Waals surface area contributed by atoms with Crippen molar-refractivity contribution in [3.8, 4) is 17.2 Å². The molecule has 2 aromatic rings. The first kappa shape index (κ1) is 20.8. The van der Waals surface area contributed by atoms with Gasteiger partial charge in [0.2, 0.25) is 0 Å². The summed E-state index contributed by atoms with van der Waals surface area (Å²) in [6.45, 7) is 2.63. The number of carbonyl (C=O) groups is 1. The monoisotopic (exact) mass is 408 g/mol. The first-order valence-corrected chi connectivity index (χ1v) is 9.00. The van der Waals surface area contributed by atoms with Crippen molar-refractivity contribution in [2.75, 3.05) is 20.8 Å². The quantitative estimate of drug-likeness (QED) is 0.683. The molecule has 1 amide bonds. The van der Waals surface area contributed by atoms with Crippen LogP contribution in [0.15, 0.2) is 36.4 Å². The summed E-state index contributed by atoms with van der Waals surface area (Å²) in [6, 6.07) is 10.4. The Hall–Kier alpha value is -2.51. The summed E-state index contributed by atoms with van der Waals surface area (Å²) >= 11 is 11.5. The molecule has 8 heteroatoms. The van der Waals surface area contributed by atoms with Crippen LogP contribution in [-0.2, 0) is 6.54 Å². The molecule has 0 unspecified atom stereocenters. The van der Waals surface area contributed by atoms with Gasteiger partial charge < -0.3 is 19.5 Å². The van der Waals surface area contributed by atoms with E-state index < -0.39 is 0 Å². The smallest absolute Gasteiger partial charge is 0.261 e. The lowest BCUT2D eigenvalue weighted by Crippen LogP contribution is -2.39. The second kappa shape index (κ2) is 9.99. The fraction of sp³-hybridized carbons (Fsp3) is 0.263. The SMILES string of the molecule is CCOc1ccccc1C(=O)NC(=S)NCc1cc(OC)c(OC)cc1Cl. The molecular formula is C19H21ClN2O4S. The Balaban J connectivity index is 2.02. The normalized spacial score (nSPS) is 10.1. The van der Waals surface area contributed by atoms with Crippen molar-refractivity contribution in [2.24, 2.45) is 0 Å². The first-order valence-electron chi connectivity index (χ1n) is 8.21. The molecule has 6 nitrogen and oxygen atoms in total. The van der Waals surface area contributed by atoms with Crippen molar-refractivity contribution >= 4 is 34.8 Å². The minimum Gasteiger partial charge on any atom is -0.493 e. The lowest BCUT2D eigenvalue weighted by Gasteiger charge is -2.14. The molecule has 0 radical (unpaired) electrons. The van der Waals surface area contributed by atoms with Gasteiger partial charge in [-0.2, -0.15) is 0 Å². The van der Waals surface area contributed by atoms with Crippen LogP contribution in [-0.4, -0.2) is 31.8 Å². The predicted molar refractivity (Wildman–Crippen MR) is 109 cm³/mol. The van der Waals surface area contributed by atoms with Gasteiger partial charge in [0.25, 0.3) is 5.91 Å². The molecule has 0 heterocycles. The summed E-state index contributed by atoms with van der Waals surface area (Å²) < 4.78 is 15.9. The Morgan fingerprint density at radius 1 is 1.11 bits per heavy atom. The van der Waals surface area contributed by atoms with Gasteiger partial charge in [0.05, 0.1) is 26.4 Å². The average Bonchev–Trinajstić information content (AvgIpc) is 2.67. The highest BCUT2D eigenvalue weighted by atomic mass is 35.5. The molecule has 0 aliphatic heterocycles. The highest BCUT2D eigenvalue weighted by molar-refractivity contribution is 7.80. The van der Waals surface area contributed by atoms with Gasteiger partial charge in [-0.1, -0.05) is 23.7 Å². The van der Waals surface area contributed by atoms with Crippen molar-refractivity contribution in [1.29, 1.82) is 0 Å². The number of hydrogen-bond donors (Lipinski definition) is 2. The average molecular weight is 409 g/mol. The van der Waals surface area contributed by atoms with Crippen LogP contribution in [0.4, 0.5) is 0 Å². The number of nitrogens with one attached hydrogen (secondary N) is 2. The van der Waals surface area contributed by atoms with Crippen LogP contribution in [0.5, 0.6) is 17.2 Å². The molecule has 2 rings (SSSR count). The van der Waals surface area contributed by atoms with Crippen LogP contribution < -0.4 is 24.8 Å². The summed E-state index contributed by atoms with van der Waals surface area (Å²) in [4.78, 5) is 12.4. The van der Waals surface area contributed by atoms with E-state index in [1.165, 1.54) is 7.11 Å². The third kappa shape index (κ3) is 5.48. The van der Waals surface area contributed by atoms with Crippen molar-refractivity contribution in [3.05, 3.63) is 52.5 Å². The number of rotatable bonds is 7. The second-order valence-electron chi connectivity index (χ2n) is 5.36. The van der Waals surface area contributed by atoms with E-state index >= 15 is 0 Å². The molecule has 0 aliphatic rings. The standard InChI is InChI=1S/C19H21ClN2O4S/c1-4-26-15-8-6-5-7-13(15)18(23)22-19(27)21-11-12-9-16(24-2)17(25-3)10-14(12)20/h5-10H,4,11H2,1-3H3,(H2,21,22,23,27). The Bertz CT molecular complexity index is 829. The van der Waals surface area contributed by atoms with E-state index in [0.717, 1.165) is 5.56 Å². The zero-order chi connectivity index (χ0) is 19.8. The number of amides is 1. The topological polar surface area (TPSA) is 68.8 Å².